The van der Waals surface area contributed by atoms with E-state index in [1.165, 1.54) is 5.56 Å². The van der Waals surface area contributed by atoms with Crippen molar-refractivity contribution in [1.82, 2.24) is 24.8 Å². The standard InChI is InChI=1S/C27H26N6O3/c34-26(33-8-10-35-11-9-33)19-2-1-3-21(12-19)31-27-30-15-20-13-23(18-4-5-18)25(14-24(20)32-27)36-17-22-16-28-6-7-29-22/h1-3,6-7,12-16,18H,4-5,8-11,17H2,(H,30,31,32). The number of ether oxygens (including phenoxy) is 2. The summed E-state index contributed by atoms with van der Waals surface area (Å²) < 4.78 is 11.5. The van der Waals surface area contributed by atoms with Gasteiger partial charge in [0.25, 0.3) is 5.91 Å². The molecule has 0 unspecified atom stereocenters. The molecule has 1 amide bonds. The second-order valence-electron chi connectivity index (χ2n) is 9.01. The fourth-order valence-electron chi connectivity index (χ4n) is 4.34. The van der Waals surface area contributed by atoms with Crippen molar-refractivity contribution in [3.8, 4) is 5.75 Å². The van der Waals surface area contributed by atoms with Crippen LogP contribution in [0, 0.1) is 0 Å². The van der Waals surface area contributed by atoms with Gasteiger partial charge in [-0.2, -0.15) is 0 Å². The highest BCUT2D eigenvalue weighted by molar-refractivity contribution is 5.95. The fourth-order valence-corrected chi connectivity index (χ4v) is 4.34. The predicted octanol–water partition coefficient (Wildman–Crippen LogP) is 4.09. The lowest BCUT2D eigenvalue weighted by atomic mass is 10.1. The van der Waals surface area contributed by atoms with E-state index in [1.807, 2.05) is 41.4 Å². The molecule has 0 spiro atoms. The number of hydrogen-bond acceptors (Lipinski definition) is 8. The normalized spacial score (nSPS) is 15.6. The Morgan fingerprint density at radius 3 is 2.78 bits per heavy atom. The molecule has 4 aromatic rings. The average molecular weight is 483 g/mol. The smallest absolute Gasteiger partial charge is 0.254 e. The van der Waals surface area contributed by atoms with Gasteiger partial charge < -0.3 is 19.7 Å². The number of fused-ring (bicyclic) bond motifs is 1. The van der Waals surface area contributed by atoms with Crippen LogP contribution in [0.15, 0.2) is 61.2 Å². The minimum absolute atomic E-state index is 0.00104. The first-order valence-corrected chi connectivity index (χ1v) is 12.2. The third kappa shape index (κ3) is 4.96. The van der Waals surface area contributed by atoms with E-state index < -0.39 is 0 Å². The van der Waals surface area contributed by atoms with Crippen molar-refractivity contribution in [3.63, 3.8) is 0 Å². The van der Waals surface area contributed by atoms with Crippen LogP contribution in [-0.4, -0.2) is 57.0 Å². The first kappa shape index (κ1) is 22.4. The number of aromatic nitrogens is 4. The van der Waals surface area contributed by atoms with E-state index in [0.717, 1.165) is 40.9 Å². The van der Waals surface area contributed by atoms with Crippen LogP contribution in [0.2, 0.25) is 0 Å². The SMILES string of the molecule is O=C(c1cccc(Nc2ncc3cc(C4CC4)c(OCc4cnccn4)cc3n2)c1)N1CCOCC1. The number of carbonyl (C=O) groups excluding carboxylic acids is 1. The number of carbonyl (C=O) groups is 1. The van der Waals surface area contributed by atoms with Crippen LogP contribution in [0.4, 0.5) is 11.6 Å². The number of nitrogens with one attached hydrogen (secondary N) is 1. The van der Waals surface area contributed by atoms with E-state index in [0.29, 0.717) is 50.3 Å². The summed E-state index contributed by atoms with van der Waals surface area (Å²) in [5.74, 6) is 1.78. The first-order chi connectivity index (χ1) is 17.7. The number of nitrogens with zero attached hydrogens (tertiary/aromatic N) is 5. The van der Waals surface area contributed by atoms with Gasteiger partial charge in [-0.25, -0.2) is 9.97 Å². The maximum atomic E-state index is 12.9. The zero-order valence-corrected chi connectivity index (χ0v) is 19.8. The van der Waals surface area contributed by atoms with Gasteiger partial charge in [-0.15, -0.1) is 0 Å². The van der Waals surface area contributed by atoms with Crippen molar-refractivity contribution in [2.75, 3.05) is 31.6 Å². The molecule has 0 radical (unpaired) electrons. The molecule has 2 fully saturated rings. The Morgan fingerprint density at radius 2 is 1.97 bits per heavy atom. The second kappa shape index (κ2) is 9.87. The van der Waals surface area contributed by atoms with E-state index in [4.69, 9.17) is 14.5 Å². The van der Waals surface area contributed by atoms with Gasteiger partial charge in [0.15, 0.2) is 0 Å². The molecule has 9 nitrogen and oxygen atoms in total. The van der Waals surface area contributed by atoms with Gasteiger partial charge in [0.1, 0.15) is 12.4 Å². The minimum atomic E-state index is -0.00104. The van der Waals surface area contributed by atoms with Crippen molar-refractivity contribution in [2.45, 2.75) is 25.4 Å². The molecule has 1 aliphatic carbocycles. The van der Waals surface area contributed by atoms with Gasteiger partial charge in [0.2, 0.25) is 5.95 Å². The second-order valence-corrected chi connectivity index (χ2v) is 9.01. The van der Waals surface area contributed by atoms with E-state index >= 15 is 0 Å². The van der Waals surface area contributed by atoms with Gasteiger partial charge in [-0.05, 0) is 48.6 Å². The van der Waals surface area contributed by atoms with Crippen LogP contribution in [0.3, 0.4) is 0 Å². The van der Waals surface area contributed by atoms with Gasteiger partial charge in [-0.1, -0.05) is 6.07 Å². The fraction of sp³-hybridized carbons (Fsp3) is 0.296. The molecule has 1 saturated carbocycles. The molecule has 0 atom stereocenters. The summed E-state index contributed by atoms with van der Waals surface area (Å²) in [5, 5.41) is 4.21. The van der Waals surface area contributed by atoms with Crippen molar-refractivity contribution in [3.05, 3.63) is 78.0 Å². The summed E-state index contributed by atoms with van der Waals surface area (Å²) in [6, 6.07) is 11.5. The molecule has 9 heteroatoms. The van der Waals surface area contributed by atoms with Crippen LogP contribution in [-0.2, 0) is 11.3 Å². The lowest BCUT2D eigenvalue weighted by Crippen LogP contribution is -2.40. The number of rotatable bonds is 7. The molecule has 2 aromatic heterocycles. The quantitative estimate of drug-likeness (QED) is 0.420. The predicted molar refractivity (Wildman–Crippen MR) is 134 cm³/mol. The molecule has 36 heavy (non-hydrogen) atoms. The van der Waals surface area contributed by atoms with Crippen LogP contribution < -0.4 is 10.1 Å². The Labute approximate surface area is 208 Å². The number of anilines is 2. The summed E-state index contributed by atoms with van der Waals surface area (Å²) in [7, 11) is 0. The van der Waals surface area contributed by atoms with Crippen LogP contribution >= 0.6 is 0 Å². The largest absolute Gasteiger partial charge is 0.487 e. The lowest BCUT2D eigenvalue weighted by Gasteiger charge is -2.27. The Morgan fingerprint density at radius 1 is 1.08 bits per heavy atom. The highest BCUT2D eigenvalue weighted by atomic mass is 16.5. The van der Waals surface area contributed by atoms with Crippen molar-refractivity contribution >= 4 is 28.4 Å². The molecular weight excluding hydrogens is 456 g/mol. The molecule has 0 bridgehead atoms. The Kier molecular flexibility index (Phi) is 6.13. The van der Waals surface area contributed by atoms with Crippen LogP contribution in [0.5, 0.6) is 5.75 Å². The maximum absolute atomic E-state index is 12.9. The van der Waals surface area contributed by atoms with Crippen molar-refractivity contribution < 1.29 is 14.3 Å². The number of benzene rings is 2. The molecular formula is C27H26N6O3. The third-order valence-corrected chi connectivity index (χ3v) is 6.38. The Balaban J connectivity index is 1.23. The molecule has 2 aliphatic rings. The minimum Gasteiger partial charge on any atom is -0.487 e. The number of morpholine rings is 1. The van der Waals surface area contributed by atoms with Gasteiger partial charge >= 0.3 is 0 Å². The van der Waals surface area contributed by atoms with Gasteiger partial charge in [0.05, 0.1) is 30.6 Å². The molecule has 1 saturated heterocycles. The Hall–Kier alpha value is -4.11. The van der Waals surface area contributed by atoms with Crippen molar-refractivity contribution in [2.24, 2.45) is 0 Å². The molecule has 3 heterocycles. The molecule has 6 rings (SSSR count). The van der Waals surface area contributed by atoms with Gasteiger partial charge in [-0.3, -0.25) is 14.8 Å². The van der Waals surface area contributed by atoms with Crippen LogP contribution in [0.25, 0.3) is 10.9 Å². The summed E-state index contributed by atoms with van der Waals surface area (Å²) in [6.45, 7) is 2.70. The zero-order chi connectivity index (χ0) is 24.3. The maximum Gasteiger partial charge on any atom is 0.254 e. The monoisotopic (exact) mass is 482 g/mol. The van der Waals surface area contributed by atoms with E-state index in [9.17, 15) is 4.79 Å². The van der Waals surface area contributed by atoms with E-state index in [2.05, 4.69) is 26.3 Å². The highest BCUT2D eigenvalue weighted by Crippen LogP contribution is 2.45. The van der Waals surface area contributed by atoms with Crippen LogP contribution in [0.1, 0.15) is 40.4 Å². The van der Waals surface area contributed by atoms with E-state index in [1.54, 1.807) is 18.6 Å². The molecule has 2 aromatic carbocycles. The topological polar surface area (TPSA) is 102 Å². The lowest BCUT2D eigenvalue weighted by molar-refractivity contribution is 0.0303. The zero-order valence-electron chi connectivity index (χ0n) is 19.8. The highest BCUT2D eigenvalue weighted by Gasteiger charge is 2.27. The molecule has 1 N–H and O–H groups in total. The van der Waals surface area contributed by atoms with Crippen molar-refractivity contribution in [1.29, 1.82) is 0 Å². The Bertz CT molecular complexity index is 1390. The number of hydrogen-bond donors (Lipinski definition) is 1. The van der Waals surface area contributed by atoms with Gasteiger partial charge in [0, 0.05) is 54.4 Å². The summed E-state index contributed by atoms with van der Waals surface area (Å²) >= 11 is 0. The molecule has 182 valence electrons. The summed E-state index contributed by atoms with van der Waals surface area (Å²) in [4.78, 5) is 32.3. The summed E-state index contributed by atoms with van der Waals surface area (Å²) in [5.41, 5.74) is 4.12. The summed E-state index contributed by atoms with van der Waals surface area (Å²) in [6.07, 6.45) is 9.16. The first-order valence-electron chi connectivity index (χ1n) is 12.2. The third-order valence-electron chi connectivity index (χ3n) is 6.38. The molecule has 1 aliphatic heterocycles. The van der Waals surface area contributed by atoms with E-state index in [-0.39, 0.29) is 5.91 Å². The average Bonchev–Trinajstić information content (AvgIpc) is 3.78. The number of amides is 1.